The Labute approximate surface area is 107 Å². The molecule has 0 saturated carbocycles. The van der Waals surface area contributed by atoms with Crippen molar-refractivity contribution in [3.05, 3.63) is 0 Å². The van der Waals surface area contributed by atoms with Crippen LogP contribution in [0.15, 0.2) is 0 Å². The van der Waals surface area contributed by atoms with E-state index in [2.05, 4.69) is 6.92 Å². The van der Waals surface area contributed by atoms with Gasteiger partial charge in [0.15, 0.2) is 0 Å². The second kappa shape index (κ2) is 16.9. The molecule has 1 radical (unpaired) electrons. The molecule has 0 amide bonds. The number of unbranched alkanes of at least 4 members (excludes halogenated alkanes) is 10. The van der Waals surface area contributed by atoms with Gasteiger partial charge in [0, 0.05) is 0 Å². The Bertz CT molecular complexity index is 84.5. The van der Waals surface area contributed by atoms with E-state index in [0.717, 1.165) is 6.54 Å². The molecule has 1 nitrogen and oxygen atoms in total. The van der Waals surface area contributed by atoms with Gasteiger partial charge >= 0.3 is 17.1 Å². The number of hydrogen-bond acceptors (Lipinski definition) is 1. The maximum atomic E-state index is 5.44. The van der Waals surface area contributed by atoms with E-state index in [1.54, 1.807) is 0 Å². The Morgan fingerprint density at radius 2 is 0.933 bits per heavy atom. The number of nitrogens with two attached hydrogens (primary N) is 1. The van der Waals surface area contributed by atoms with Crippen LogP contribution in [0.25, 0.3) is 0 Å². The molecule has 2 N–H and O–H groups in total. The van der Waals surface area contributed by atoms with Gasteiger partial charge in [0.05, 0.1) is 0 Å². The predicted octanol–water partition coefficient (Wildman–Crippen LogP) is 4.25. The van der Waals surface area contributed by atoms with Crippen LogP contribution in [0.2, 0.25) is 0 Å². The molecule has 95 valence electrons. The molecule has 0 saturated heterocycles. The van der Waals surface area contributed by atoms with Crippen molar-refractivity contribution in [3.8, 4) is 0 Å². The van der Waals surface area contributed by atoms with E-state index >= 15 is 0 Å². The summed E-state index contributed by atoms with van der Waals surface area (Å²) >= 11 is 0. The van der Waals surface area contributed by atoms with Crippen molar-refractivity contribution >= 4 is 0 Å². The van der Waals surface area contributed by atoms with Crippen LogP contribution in [-0.2, 0) is 17.1 Å². The van der Waals surface area contributed by atoms with Crippen molar-refractivity contribution in [2.75, 3.05) is 6.54 Å². The van der Waals surface area contributed by atoms with Crippen molar-refractivity contribution in [2.24, 2.45) is 5.73 Å². The van der Waals surface area contributed by atoms with Crippen LogP contribution in [0.1, 0.15) is 77.6 Å². The average molecular weight is 263 g/mol. The second-order valence-corrected chi connectivity index (χ2v) is 4.32. The normalized spacial score (nSPS) is 10.0. The molecule has 2 heteroatoms. The molecule has 0 aliphatic heterocycles. The summed E-state index contributed by atoms with van der Waals surface area (Å²) in [4.78, 5) is 0. The Morgan fingerprint density at radius 3 is 1.27 bits per heavy atom. The Hall–Kier alpha value is 0.479. The van der Waals surface area contributed by atoms with Crippen LogP contribution >= 0.6 is 0 Å². The van der Waals surface area contributed by atoms with Crippen LogP contribution in [0, 0.1) is 0 Å². The van der Waals surface area contributed by atoms with E-state index in [0.29, 0.717) is 0 Å². The summed E-state index contributed by atoms with van der Waals surface area (Å²) < 4.78 is 0. The van der Waals surface area contributed by atoms with Crippen LogP contribution in [0.5, 0.6) is 0 Å². The molecule has 0 rings (SSSR count). The average Bonchev–Trinajstić information content (AvgIpc) is 2.21. The third-order valence-corrected chi connectivity index (χ3v) is 2.81. The first-order valence-corrected chi connectivity index (χ1v) is 6.62. The smallest absolute Gasteiger partial charge is 0.330 e. The summed E-state index contributed by atoms with van der Waals surface area (Å²) in [5.41, 5.74) is 5.44. The number of rotatable bonds is 11. The van der Waals surface area contributed by atoms with Gasteiger partial charge in [-0.15, -0.1) is 0 Å². The van der Waals surface area contributed by atoms with Crippen molar-refractivity contribution in [2.45, 2.75) is 77.6 Å². The van der Waals surface area contributed by atoms with Gasteiger partial charge in [-0.3, -0.25) is 0 Å². The van der Waals surface area contributed by atoms with Gasteiger partial charge in [0.2, 0.25) is 0 Å². The SMILES string of the molecule is CCCCCCCCCCCCCN.[Cu+2]. The molecule has 0 bridgehead atoms. The second-order valence-electron chi connectivity index (χ2n) is 4.32. The van der Waals surface area contributed by atoms with Crippen molar-refractivity contribution in [1.82, 2.24) is 0 Å². The minimum atomic E-state index is 0. The Balaban J connectivity index is 0. The largest absolute Gasteiger partial charge is 2.00 e. The first-order chi connectivity index (χ1) is 6.91. The predicted molar refractivity (Wildman–Crippen MR) is 65.5 cm³/mol. The van der Waals surface area contributed by atoms with Crippen molar-refractivity contribution in [3.63, 3.8) is 0 Å². The first-order valence-electron chi connectivity index (χ1n) is 6.62. The quantitative estimate of drug-likeness (QED) is 0.437. The maximum Gasteiger partial charge on any atom is 2.00 e. The minimum Gasteiger partial charge on any atom is -0.330 e. The third kappa shape index (κ3) is 17.1. The summed E-state index contributed by atoms with van der Waals surface area (Å²) in [5, 5.41) is 0. The molecule has 0 aromatic rings. The maximum absolute atomic E-state index is 5.44. The van der Waals surface area contributed by atoms with Gasteiger partial charge in [-0.1, -0.05) is 71.1 Å². The van der Waals surface area contributed by atoms with Gasteiger partial charge in [-0.2, -0.15) is 0 Å². The zero-order valence-electron chi connectivity index (χ0n) is 10.4. The first kappa shape index (κ1) is 17.9. The summed E-state index contributed by atoms with van der Waals surface area (Å²) in [5.74, 6) is 0. The standard InChI is InChI=1S/C13H29N.Cu/c1-2-3-4-5-6-7-8-9-10-11-12-13-14;/h2-14H2,1H3;/q;+2. The fourth-order valence-corrected chi connectivity index (χ4v) is 1.81. The van der Waals surface area contributed by atoms with Gasteiger partial charge in [-0.05, 0) is 13.0 Å². The van der Waals surface area contributed by atoms with Gasteiger partial charge in [0.25, 0.3) is 0 Å². The molecule has 0 heterocycles. The summed E-state index contributed by atoms with van der Waals surface area (Å²) in [7, 11) is 0. The van der Waals surface area contributed by atoms with Crippen LogP contribution in [0.4, 0.5) is 0 Å². The molecule has 15 heavy (non-hydrogen) atoms. The zero-order chi connectivity index (χ0) is 10.5. The monoisotopic (exact) mass is 262 g/mol. The van der Waals surface area contributed by atoms with Gasteiger partial charge in [-0.25, -0.2) is 0 Å². The van der Waals surface area contributed by atoms with Crippen LogP contribution < -0.4 is 5.73 Å². The van der Waals surface area contributed by atoms with E-state index in [1.165, 1.54) is 70.6 Å². The summed E-state index contributed by atoms with van der Waals surface area (Å²) in [6.45, 7) is 3.15. The van der Waals surface area contributed by atoms with E-state index in [-0.39, 0.29) is 17.1 Å². The molecule has 0 aromatic carbocycles. The molecular weight excluding hydrogens is 234 g/mol. The van der Waals surface area contributed by atoms with Crippen molar-refractivity contribution < 1.29 is 17.1 Å². The summed E-state index contributed by atoms with van der Waals surface area (Å²) in [6.07, 6.45) is 15.4. The van der Waals surface area contributed by atoms with Crippen molar-refractivity contribution in [1.29, 1.82) is 0 Å². The Kier molecular flexibility index (Phi) is 20.1. The van der Waals surface area contributed by atoms with E-state index < -0.39 is 0 Å². The molecule has 0 atom stereocenters. The third-order valence-electron chi connectivity index (χ3n) is 2.81. The minimum absolute atomic E-state index is 0. The van der Waals surface area contributed by atoms with Crippen LogP contribution in [-0.4, -0.2) is 6.54 Å². The van der Waals surface area contributed by atoms with E-state index in [1.807, 2.05) is 0 Å². The number of hydrogen-bond donors (Lipinski definition) is 1. The zero-order valence-corrected chi connectivity index (χ0v) is 11.3. The summed E-state index contributed by atoms with van der Waals surface area (Å²) in [6, 6.07) is 0. The van der Waals surface area contributed by atoms with Gasteiger partial charge < -0.3 is 5.73 Å². The molecular formula is C13H29CuN+2. The van der Waals surface area contributed by atoms with Crippen LogP contribution in [0.3, 0.4) is 0 Å². The topological polar surface area (TPSA) is 26.0 Å². The van der Waals surface area contributed by atoms with E-state index in [9.17, 15) is 0 Å². The molecule has 0 spiro atoms. The molecule has 0 aliphatic rings. The molecule has 0 unspecified atom stereocenters. The molecule has 0 aromatic heterocycles. The fourth-order valence-electron chi connectivity index (χ4n) is 1.81. The fraction of sp³-hybridized carbons (Fsp3) is 1.00. The Morgan fingerprint density at radius 1 is 0.600 bits per heavy atom. The molecule has 0 fully saturated rings. The molecule has 0 aliphatic carbocycles. The van der Waals surface area contributed by atoms with Gasteiger partial charge in [0.1, 0.15) is 0 Å². The van der Waals surface area contributed by atoms with E-state index in [4.69, 9.17) is 5.73 Å².